The monoisotopic (exact) mass is 417 g/mol. The number of fused-ring (bicyclic) bond motifs is 4. The fraction of sp³-hybridized carbons (Fsp3) is 0.182. The van der Waals surface area contributed by atoms with E-state index >= 15 is 0 Å². The Morgan fingerprint density at radius 2 is 1.83 bits per heavy atom. The molecule has 5 aromatic rings. The van der Waals surface area contributed by atoms with Crippen molar-refractivity contribution >= 4 is 45.1 Å². The lowest BCUT2D eigenvalue weighted by atomic mass is 10.1. The van der Waals surface area contributed by atoms with Crippen LogP contribution in [-0.2, 0) is 0 Å². The highest BCUT2D eigenvalue weighted by Gasteiger charge is 2.21. The molecule has 2 N–H and O–H groups in total. The third-order valence-electron chi connectivity index (χ3n) is 5.34. The van der Waals surface area contributed by atoms with Crippen LogP contribution >= 0.6 is 11.8 Å². The summed E-state index contributed by atoms with van der Waals surface area (Å²) < 4.78 is 2.03. The van der Waals surface area contributed by atoms with Crippen LogP contribution in [-0.4, -0.2) is 35.6 Å². The number of aromatic amines is 2. The molecule has 0 aliphatic heterocycles. The first kappa shape index (κ1) is 18.6. The summed E-state index contributed by atoms with van der Waals surface area (Å²) >= 11 is 1.38. The first-order chi connectivity index (χ1) is 14.4. The summed E-state index contributed by atoms with van der Waals surface area (Å²) in [7, 11) is 0. The van der Waals surface area contributed by atoms with E-state index in [0.717, 1.165) is 27.7 Å². The van der Waals surface area contributed by atoms with E-state index in [-0.39, 0.29) is 16.7 Å². The quantitative estimate of drug-likeness (QED) is 0.340. The first-order valence-corrected chi connectivity index (χ1v) is 10.5. The number of carbonyl (C=O) groups is 1. The molecule has 0 aliphatic rings. The molecule has 3 aromatic heterocycles. The van der Waals surface area contributed by atoms with Gasteiger partial charge in [-0.1, -0.05) is 30.0 Å². The van der Waals surface area contributed by atoms with Gasteiger partial charge in [0.1, 0.15) is 0 Å². The summed E-state index contributed by atoms with van der Waals surface area (Å²) in [6.07, 6.45) is 0. The van der Waals surface area contributed by atoms with E-state index in [9.17, 15) is 9.59 Å². The summed E-state index contributed by atoms with van der Waals surface area (Å²) in [4.78, 5) is 29.9. The second-order valence-corrected chi connectivity index (χ2v) is 8.75. The molecule has 0 spiro atoms. The molecule has 7 nitrogen and oxygen atoms in total. The zero-order valence-electron chi connectivity index (χ0n) is 16.7. The molecule has 1 unspecified atom stereocenters. The minimum absolute atomic E-state index is 0.0335. The molecule has 3 heterocycles. The SMILES string of the molecule is Cc1cc2nnc(SC(C)C(=O)c3ccc4[nH]c(=O)[nH]c4c3)n2c2c(C)cccc12. The zero-order chi connectivity index (χ0) is 21.0. The Morgan fingerprint density at radius 3 is 2.67 bits per heavy atom. The van der Waals surface area contributed by atoms with Crippen LogP contribution in [0.25, 0.3) is 27.6 Å². The van der Waals surface area contributed by atoms with Crippen LogP contribution in [0.5, 0.6) is 0 Å². The molecule has 0 amide bonds. The average molecular weight is 417 g/mol. The van der Waals surface area contributed by atoms with Crippen molar-refractivity contribution in [1.82, 2.24) is 24.6 Å². The highest BCUT2D eigenvalue weighted by Crippen LogP contribution is 2.30. The number of aromatic nitrogens is 5. The van der Waals surface area contributed by atoms with Gasteiger partial charge >= 0.3 is 5.69 Å². The van der Waals surface area contributed by atoms with Crippen molar-refractivity contribution in [3.63, 3.8) is 0 Å². The van der Waals surface area contributed by atoms with Gasteiger partial charge in [-0.05, 0) is 56.2 Å². The third kappa shape index (κ3) is 2.91. The Kier molecular flexibility index (Phi) is 4.25. The Morgan fingerprint density at radius 1 is 1.03 bits per heavy atom. The number of nitrogens with one attached hydrogen (secondary N) is 2. The molecule has 5 rings (SSSR count). The number of pyridine rings is 1. The van der Waals surface area contributed by atoms with E-state index < -0.39 is 0 Å². The number of para-hydroxylation sites is 1. The van der Waals surface area contributed by atoms with Crippen molar-refractivity contribution in [3.05, 3.63) is 69.6 Å². The second kappa shape index (κ2) is 6.84. The molecule has 150 valence electrons. The normalized spacial score (nSPS) is 12.8. The van der Waals surface area contributed by atoms with Gasteiger partial charge < -0.3 is 9.97 Å². The van der Waals surface area contributed by atoms with Gasteiger partial charge in [0.15, 0.2) is 16.6 Å². The Labute approximate surface area is 175 Å². The van der Waals surface area contributed by atoms with Gasteiger partial charge in [0.05, 0.1) is 21.8 Å². The van der Waals surface area contributed by atoms with Crippen molar-refractivity contribution in [2.24, 2.45) is 0 Å². The molecule has 30 heavy (non-hydrogen) atoms. The number of carbonyl (C=O) groups excluding carboxylic acids is 1. The molecular formula is C22H19N5O2S. The van der Waals surface area contributed by atoms with E-state index in [4.69, 9.17) is 0 Å². The van der Waals surface area contributed by atoms with Crippen molar-refractivity contribution in [2.45, 2.75) is 31.2 Å². The first-order valence-electron chi connectivity index (χ1n) is 9.59. The maximum absolute atomic E-state index is 13.1. The number of rotatable bonds is 4. The van der Waals surface area contributed by atoms with E-state index in [0.29, 0.717) is 21.8 Å². The number of nitrogens with zero attached hydrogens (tertiary/aromatic N) is 3. The topological polar surface area (TPSA) is 95.9 Å². The number of H-pyrrole nitrogens is 2. The van der Waals surface area contributed by atoms with Crippen molar-refractivity contribution in [2.75, 3.05) is 0 Å². The minimum Gasteiger partial charge on any atom is -0.306 e. The molecule has 1 atom stereocenters. The van der Waals surface area contributed by atoms with Gasteiger partial charge in [-0.2, -0.15) is 0 Å². The number of thioether (sulfide) groups is 1. The van der Waals surface area contributed by atoms with Crippen LogP contribution in [0, 0.1) is 13.8 Å². The van der Waals surface area contributed by atoms with Gasteiger partial charge in [-0.3, -0.25) is 9.20 Å². The van der Waals surface area contributed by atoms with Crippen LogP contribution in [0.3, 0.4) is 0 Å². The fourth-order valence-electron chi connectivity index (χ4n) is 3.84. The summed E-state index contributed by atoms with van der Waals surface area (Å²) in [5, 5.41) is 10.2. The lowest BCUT2D eigenvalue weighted by Gasteiger charge is -2.12. The highest BCUT2D eigenvalue weighted by molar-refractivity contribution is 8.00. The minimum atomic E-state index is -0.374. The smallest absolute Gasteiger partial charge is 0.306 e. The molecule has 0 saturated carbocycles. The number of ketones is 1. The lowest BCUT2D eigenvalue weighted by molar-refractivity contribution is 0.0994. The molecule has 0 fully saturated rings. The van der Waals surface area contributed by atoms with Gasteiger partial charge in [0, 0.05) is 10.9 Å². The molecular weight excluding hydrogens is 398 g/mol. The molecule has 2 aromatic carbocycles. The number of benzene rings is 2. The van der Waals surface area contributed by atoms with Crippen LogP contribution in [0.15, 0.2) is 52.4 Å². The van der Waals surface area contributed by atoms with Crippen LogP contribution in [0.1, 0.15) is 28.4 Å². The van der Waals surface area contributed by atoms with E-state index in [2.05, 4.69) is 46.1 Å². The summed E-state index contributed by atoms with van der Waals surface area (Å²) in [5.41, 5.74) is 5.65. The van der Waals surface area contributed by atoms with E-state index in [1.54, 1.807) is 18.2 Å². The predicted octanol–water partition coefficient (Wildman–Crippen LogP) is 4.03. The number of imidazole rings is 1. The predicted molar refractivity (Wildman–Crippen MR) is 119 cm³/mol. The van der Waals surface area contributed by atoms with Crippen LogP contribution < -0.4 is 5.69 Å². The summed E-state index contributed by atoms with van der Waals surface area (Å²) in [6, 6.07) is 13.4. The van der Waals surface area contributed by atoms with Gasteiger partial charge in [0.2, 0.25) is 0 Å². The van der Waals surface area contributed by atoms with E-state index in [1.165, 1.54) is 11.8 Å². The lowest BCUT2D eigenvalue weighted by Crippen LogP contribution is -2.14. The Bertz CT molecular complexity index is 1510. The van der Waals surface area contributed by atoms with Crippen molar-refractivity contribution < 1.29 is 4.79 Å². The molecule has 8 heteroatoms. The van der Waals surface area contributed by atoms with Crippen LogP contribution in [0.2, 0.25) is 0 Å². The zero-order valence-corrected chi connectivity index (χ0v) is 17.5. The fourth-order valence-corrected chi connectivity index (χ4v) is 4.78. The molecule has 0 radical (unpaired) electrons. The Hall–Kier alpha value is -3.39. The average Bonchev–Trinajstić information content (AvgIpc) is 3.29. The van der Waals surface area contributed by atoms with Gasteiger partial charge in [-0.15, -0.1) is 10.2 Å². The number of hydrogen-bond acceptors (Lipinski definition) is 5. The standard InChI is InChI=1S/C22H19N5O2S/c1-11-5-4-6-15-12(2)9-18-25-26-22(27(18)19(11)15)30-13(3)20(28)14-7-8-16-17(10-14)24-21(29)23-16/h4-10,13H,1-3H3,(H2,23,24,29). The highest BCUT2D eigenvalue weighted by atomic mass is 32.2. The molecule has 0 bridgehead atoms. The van der Waals surface area contributed by atoms with Crippen LogP contribution in [0.4, 0.5) is 0 Å². The molecule has 0 saturated heterocycles. The number of Topliss-reactive ketones (excluding diaryl/α,β-unsaturated/α-hetero) is 1. The van der Waals surface area contributed by atoms with Gasteiger partial charge in [-0.25, -0.2) is 4.79 Å². The Balaban J connectivity index is 1.54. The second-order valence-electron chi connectivity index (χ2n) is 7.44. The third-order valence-corrected chi connectivity index (χ3v) is 6.38. The molecule has 0 aliphatic carbocycles. The summed E-state index contributed by atoms with van der Waals surface area (Å²) in [6.45, 7) is 6.00. The van der Waals surface area contributed by atoms with E-state index in [1.807, 2.05) is 23.5 Å². The van der Waals surface area contributed by atoms with Crippen molar-refractivity contribution in [3.8, 4) is 0 Å². The number of hydrogen-bond donors (Lipinski definition) is 2. The summed E-state index contributed by atoms with van der Waals surface area (Å²) in [5.74, 6) is -0.0335. The van der Waals surface area contributed by atoms with Gasteiger partial charge in [0.25, 0.3) is 0 Å². The largest absolute Gasteiger partial charge is 0.323 e. The maximum atomic E-state index is 13.1. The maximum Gasteiger partial charge on any atom is 0.323 e. The van der Waals surface area contributed by atoms with Crippen molar-refractivity contribution in [1.29, 1.82) is 0 Å². The number of aryl methyl sites for hydroxylation is 2.